The Morgan fingerprint density at radius 2 is 1.46 bits per heavy atom. The summed E-state index contributed by atoms with van der Waals surface area (Å²) in [5, 5.41) is 0.199. The summed E-state index contributed by atoms with van der Waals surface area (Å²) in [6.07, 6.45) is 1.82. The van der Waals surface area contributed by atoms with Gasteiger partial charge in [-0.15, -0.1) is 6.58 Å². The van der Waals surface area contributed by atoms with Crippen LogP contribution in [-0.2, 0) is 18.4 Å². The molecule has 0 aliphatic rings. The molecular formula is C20H42O4Si2. The molecule has 0 rings (SSSR count). The lowest BCUT2D eigenvalue weighted by Gasteiger charge is -2.42. The molecule has 2 atom stereocenters. The lowest BCUT2D eigenvalue weighted by atomic mass is 10.0. The van der Waals surface area contributed by atoms with Gasteiger partial charge in [0, 0.05) is 12.5 Å². The van der Waals surface area contributed by atoms with Gasteiger partial charge in [0.1, 0.15) is 0 Å². The predicted molar refractivity (Wildman–Crippen MR) is 116 cm³/mol. The zero-order valence-electron chi connectivity index (χ0n) is 19.0. The third-order valence-electron chi connectivity index (χ3n) is 6.07. The van der Waals surface area contributed by atoms with Crippen LogP contribution in [0, 0.1) is 5.92 Å². The van der Waals surface area contributed by atoms with Crippen LogP contribution in [0.4, 0.5) is 0 Å². The van der Waals surface area contributed by atoms with Gasteiger partial charge in [-0.25, -0.2) is 0 Å². The van der Waals surface area contributed by atoms with E-state index in [0.717, 1.165) is 0 Å². The number of rotatable bonds is 9. The maximum atomic E-state index is 12.0. The first-order valence-electron chi connectivity index (χ1n) is 9.49. The molecule has 154 valence electrons. The van der Waals surface area contributed by atoms with Crippen LogP contribution in [0.3, 0.4) is 0 Å². The van der Waals surface area contributed by atoms with E-state index in [2.05, 4.69) is 74.3 Å². The summed E-state index contributed by atoms with van der Waals surface area (Å²) in [4.78, 5) is 12.0. The first-order valence-corrected chi connectivity index (χ1v) is 15.3. The monoisotopic (exact) mass is 402 g/mol. The molecule has 0 N–H and O–H groups in total. The quantitative estimate of drug-likeness (QED) is 0.279. The predicted octanol–water partition coefficient (Wildman–Crippen LogP) is 5.76. The Labute approximate surface area is 163 Å². The van der Waals surface area contributed by atoms with Gasteiger partial charge < -0.3 is 13.6 Å². The molecule has 6 heteroatoms. The van der Waals surface area contributed by atoms with Crippen molar-refractivity contribution in [1.82, 2.24) is 0 Å². The molecule has 0 spiro atoms. The molecule has 0 aliphatic heterocycles. The molecule has 0 unspecified atom stereocenters. The fourth-order valence-corrected chi connectivity index (χ4v) is 4.34. The average molecular weight is 403 g/mol. The van der Waals surface area contributed by atoms with Crippen molar-refractivity contribution in [2.24, 2.45) is 5.92 Å². The number of carbonyl (C=O) groups is 1. The van der Waals surface area contributed by atoms with E-state index in [1.165, 1.54) is 7.11 Å². The van der Waals surface area contributed by atoms with Crippen molar-refractivity contribution < 1.29 is 18.4 Å². The number of ether oxygens (including phenoxy) is 1. The third-order valence-corrected chi connectivity index (χ3v) is 15.1. The summed E-state index contributed by atoms with van der Waals surface area (Å²) in [6.45, 7) is 26.6. The Kier molecular flexibility index (Phi) is 9.02. The standard InChI is InChI=1S/C20H42O4Si2/c1-13-16(15-23-25(9,10)19(2,3)4)17(14-18(21)22-8)24-26(11,12)20(5,6)7/h13,16-17H,1,14-15H2,2-12H3/t16-,17-/m0/s1. The lowest BCUT2D eigenvalue weighted by molar-refractivity contribution is -0.143. The summed E-state index contributed by atoms with van der Waals surface area (Å²) < 4.78 is 17.9. The number of methoxy groups -OCH3 is 1. The molecule has 0 saturated carbocycles. The van der Waals surface area contributed by atoms with E-state index >= 15 is 0 Å². The van der Waals surface area contributed by atoms with Crippen molar-refractivity contribution >= 4 is 22.6 Å². The van der Waals surface area contributed by atoms with Gasteiger partial charge in [0.25, 0.3) is 0 Å². The van der Waals surface area contributed by atoms with Crippen molar-refractivity contribution in [2.75, 3.05) is 13.7 Å². The van der Waals surface area contributed by atoms with Gasteiger partial charge >= 0.3 is 5.97 Å². The minimum Gasteiger partial charge on any atom is -0.469 e. The van der Waals surface area contributed by atoms with Crippen molar-refractivity contribution in [2.45, 2.75) is 90.3 Å². The maximum absolute atomic E-state index is 12.0. The zero-order valence-corrected chi connectivity index (χ0v) is 21.0. The molecule has 0 aromatic heterocycles. The number of hydrogen-bond acceptors (Lipinski definition) is 4. The highest BCUT2D eigenvalue weighted by Gasteiger charge is 2.42. The van der Waals surface area contributed by atoms with E-state index < -0.39 is 16.6 Å². The van der Waals surface area contributed by atoms with Crippen molar-refractivity contribution in [3.63, 3.8) is 0 Å². The van der Waals surface area contributed by atoms with Crippen LogP contribution in [0.1, 0.15) is 48.0 Å². The Bertz CT molecular complexity index is 473. The van der Waals surface area contributed by atoms with Crippen molar-refractivity contribution in [3.05, 3.63) is 12.7 Å². The highest BCUT2D eigenvalue weighted by atomic mass is 28.4. The minimum absolute atomic E-state index is 0.0441. The van der Waals surface area contributed by atoms with Crippen LogP contribution < -0.4 is 0 Å². The summed E-state index contributed by atoms with van der Waals surface area (Å²) in [6, 6.07) is 0. The topological polar surface area (TPSA) is 44.8 Å². The maximum Gasteiger partial charge on any atom is 0.308 e. The Hall–Kier alpha value is -0.436. The molecule has 0 fully saturated rings. The second-order valence-corrected chi connectivity index (χ2v) is 19.7. The molecular weight excluding hydrogens is 360 g/mol. The second kappa shape index (κ2) is 9.17. The minimum atomic E-state index is -2.04. The van der Waals surface area contributed by atoms with Crippen LogP contribution in [0.2, 0.25) is 36.3 Å². The number of carbonyl (C=O) groups excluding carboxylic acids is 1. The molecule has 0 aromatic carbocycles. The molecule has 0 bridgehead atoms. The Morgan fingerprint density at radius 3 is 1.81 bits per heavy atom. The van der Waals surface area contributed by atoms with Gasteiger partial charge in [0.2, 0.25) is 0 Å². The van der Waals surface area contributed by atoms with Gasteiger partial charge in [-0.05, 0) is 36.3 Å². The van der Waals surface area contributed by atoms with Gasteiger partial charge in [-0.3, -0.25) is 4.79 Å². The van der Waals surface area contributed by atoms with Gasteiger partial charge in [-0.2, -0.15) is 0 Å². The van der Waals surface area contributed by atoms with E-state index in [1.54, 1.807) is 0 Å². The van der Waals surface area contributed by atoms with Crippen LogP contribution in [0.15, 0.2) is 12.7 Å². The zero-order chi connectivity index (χ0) is 21.0. The van der Waals surface area contributed by atoms with E-state index in [0.29, 0.717) is 6.61 Å². The fourth-order valence-electron chi connectivity index (χ4n) is 1.93. The highest BCUT2D eigenvalue weighted by Crippen LogP contribution is 2.40. The summed E-state index contributed by atoms with van der Waals surface area (Å²) in [5.41, 5.74) is 0. The molecule has 0 aromatic rings. The molecule has 0 saturated heterocycles. The first kappa shape index (κ1) is 25.6. The molecule has 0 heterocycles. The summed E-state index contributed by atoms with van der Waals surface area (Å²) in [5.74, 6) is -0.301. The Morgan fingerprint density at radius 1 is 1.00 bits per heavy atom. The SMILES string of the molecule is C=C[C@@H](CO[Si](C)(C)C(C)(C)C)[C@H](CC(=O)OC)O[Si](C)(C)C(C)(C)C. The third kappa shape index (κ3) is 7.29. The van der Waals surface area contributed by atoms with Crippen LogP contribution in [-0.4, -0.2) is 42.4 Å². The molecule has 0 radical (unpaired) electrons. The fraction of sp³-hybridized carbons (Fsp3) is 0.850. The first-order chi connectivity index (χ1) is 11.5. The van der Waals surface area contributed by atoms with E-state index in [9.17, 15) is 4.79 Å². The normalized spacial score (nSPS) is 16.1. The lowest BCUT2D eigenvalue weighted by Crippen LogP contribution is -2.48. The Balaban J connectivity index is 5.43. The van der Waals surface area contributed by atoms with Crippen LogP contribution in [0.25, 0.3) is 0 Å². The van der Waals surface area contributed by atoms with Gasteiger partial charge in [0.05, 0.1) is 19.6 Å². The largest absolute Gasteiger partial charge is 0.469 e. The molecule has 26 heavy (non-hydrogen) atoms. The highest BCUT2D eigenvalue weighted by molar-refractivity contribution is 6.74. The summed E-state index contributed by atoms with van der Waals surface area (Å²) in [7, 11) is -2.50. The summed E-state index contributed by atoms with van der Waals surface area (Å²) >= 11 is 0. The number of esters is 1. The molecule has 4 nitrogen and oxygen atoms in total. The molecule has 0 aliphatic carbocycles. The van der Waals surface area contributed by atoms with Crippen molar-refractivity contribution in [1.29, 1.82) is 0 Å². The average Bonchev–Trinajstić information content (AvgIpc) is 2.44. The van der Waals surface area contributed by atoms with Crippen LogP contribution >= 0.6 is 0 Å². The van der Waals surface area contributed by atoms with E-state index in [4.69, 9.17) is 13.6 Å². The second-order valence-electron chi connectivity index (χ2n) is 10.2. The van der Waals surface area contributed by atoms with Crippen LogP contribution in [0.5, 0.6) is 0 Å². The molecule has 0 amide bonds. The van der Waals surface area contributed by atoms with E-state index in [1.807, 2.05) is 6.08 Å². The van der Waals surface area contributed by atoms with Crippen molar-refractivity contribution in [3.8, 4) is 0 Å². The number of hydrogen-bond donors (Lipinski definition) is 0. The smallest absolute Gasteiger partial charge is 0.308 e. The van der Waals surface area contributed by atoms with Gasteiger partial charge in [0.15, 0.2) is 16.6 Å². The van der Waals surface area contributed by atoms with Gasteiger partial charge in [-0.1, -0.05) is 47.6 Å². The van der Waals surface area contributed by atoms with E-state index in [-0.39, 0.29) is 34.5 Å².